The second kappa shape index (κ2) is 7.25. The summed E-state index contributed by atoms with van der Waals surface area (Å²) in [5.41, 5.74) is 4.80. The normalized spacial score (nSPS) is 11.5. The molecule has 2 aromatic carbocycles. The molecule has 0 bridgehead atoms. The van der Waals surface area contributed by atoms with E-state index in [2.05, 4.69) is 44.8 Å². The van der Waals surface area contributed by atoms with Gasteiger partial charge in [-0.1, -0.05) is 54.2 Å². The minimum absolute atomic E-state index is 0.0782. The lowest BCUT2D eigenvalue weighted by Crippen LogP contribution is -2.14. The molecule has 0 aliphatic heterocycles. The highest BCUT2D eigenvalue weighted by Crippen LogP contribution is 2.44. The Hall–Kier alpha value is -3.32. The number of aromatic nitrogens is 4. The van der Waals surface area contributed by atoms with E-state index in [9.17, 15) is 4.79 Å². The number of benzene rings is 2. The Balaban J connectivity index is 1.29. The van der Waals surface area contributed by atoms with Crippen molar-refractivity contribution in [1.82, 2.24) is 20.2 Å². The number of carbonyl (C=O) groups excluding carboxylic acids is 1. The van der Waals surface area contributed by atoms with Crippen molar-refractivity contribution in [3.05, 3.63) is 60.3 Å². The molecule has 0 saturated carbocycles. The van der Waals surface area contributed by atoms with Gasteiger partial charge in [0.05, 0.1) is 0 Å². The zero-order chi connectivity index (χ0) is 19.8. The van der Waals surface area contributed by atoms with Crippen molar-refractivity contribution < 1.29 is 4.79 Å². The second-order valence-corrected chi connectivity index (χ2v) is 7.88. The quantitative estimate of drug-likeness (QED) is 0.438. The zero-order valence-electron chi connectivity index (χ0n) is 15.7. The summed E-state index contributed by atoms with van der Waals surface area (Å²) < 4.78 is 0. The number of fused-ring (bicyclic) bond motifs is 3. The van der Waals surface area contributed by atoms with Gasteiger partial charge in [-0.15, -0.1) is 10.2 Å². The first-order valence-corrected chi connectivity index (χ1v) is 10.3. The van der Waals surface area contributed by atoms with Crippen LogP contribution in [-0.2, 0) is 4.79 Å². The average molecular weight is 399 g/mol. The van der Waals surface area contributed by atoms with E-state index in [1.54, 1.807) is 6.20 Å². The van der Waals surface area contributed by atoms with Gasteiger partial charge in [-0.3, -0.25) is 4.79 Å². The van der Waals surface area contributed by atoms with Gasteiger partial charge in [0, 0.05) is 34.9 Å². The molecule has 6 nitrogen and oxygen atoms in total. The number of amides is 1. The number of hydrogen-bond donors (Lipinski definition) is 1. The standard InChI is InChI=1S/C22H17N5OS/c1-13-5-4-11-23-21(13)24-17(28)10-12-29-22-25-19-15-8-2-6-14-7-3-9-16(18(14)15)20(19)26-27-22/h2-9,11H,10,12H2,1H3,(H,23,24,28). The predicted molar refractivity (Wildman–Crippen MR) is 115 cm³/mol. The van der Waals surface area contributed by atoms with Crippen LogP contribution in [0.1, 0.15) is 12.0 Å². The Labute approximate surface area is 171 Å². The van der Waals surface area contributed by atoms with Crippen molar-refractivity contribution in [3.8, 4) is 22.5 Å². The van der Waals surface area contributed by atoms with Crippen LogP contribution in [0.3, 0.4) is 0 Å². The molecule has 142 valence electrons. The summed E-state index contributed by atoms with van der Waals surface area (Å²) in [4.78, 5) is 21.1. The van der Waals surface area contributed by atoms with Crippen LogP contribution in [0.25, 0.3) is 33.3 Å². The van der Waals surface area contributed by atoms with Gasteiger partial charge in [0.25, 0.3) is 0 Å². The van der Waals surface area contributed by atoms with Crippen molar-refractivity contribution in [2.75, 3.05) is 11.1 Å². The second-order valence-electron chi connectivity index (χ2n) is 6.82. The van der Waals surface area contributed by atoms with Crippen LogP contribution in [-0.4, -0.2) is 31.8 Å². The summed E-state index contributed by atoms with van der Waals surface area (Å²) in [7, 11) is 0. The summed E-state index contributed by atoms with van der Waals surface area (Å²) in [5, 5.41) is 14.5. The van der Waals surface area contributed by atoms with E-state index in [-0.39, 0.29) is 5.91 Å². The molecule has 0 radical (unpaired) electrons. The number of nitrogens with one attached hydrogen (secondary N) is 1. The minimum atomic E-state index is -0.0782. The number of aryl methyl sites for hydroxylation is 1. The molecule has 0 unspecified atom stereocenters. The molecule has 29 heavy (non-hydrogen) atoms. The molecule has 0 fully saturated rings. The van der Waals surface area contributed by atoms with Crippen molar-refractivity contribution in [3.63, 3.8) is 0 Å². The summed E-state index contributed by atoms with van der Waals surface area (Å²) in [6, 6.07) is 16.2. The Morgan fingerprint density at radius 3 is 2.59 bits per heavy atom. The van der Waals surface area contributed by atoms with E-state index in [1.807, 2.05) is 31.2 Å². The molecule has 1 amide bonds. The zero-order valence-corrected chi connectivity index (χ0v) is 16.5. The van der Waals surface area contributed by atoms with E-state index >= 15 is 0 Å². The highest BCUT2D eigenvalue weighted by atomic mass is 32.2. The summed E-state index contributed by atoms with van der Waals surface area (Å²) >= 11 is 1.43. The molecule has 7 heteroatoms. The first-order chi connectivity index (χ1) is 14.2. The predicted octanol–water partition coefficient (Wildman–Crippen LogP) is 4.50. The van der Waals surface area contributed by atoms with Gasteiger partial charge in [-0.25, -0.2) is 9.97 Å². The van der Waals surface area contributed by atoms with E-state index in [4.69, 9.17) is 4.98 Å². The van der Waals surface area contributed by atoms with Crippen molar-refractivity contribution >= 4 is 34.3 Å². The van der Waals surface area contributed by atoms with Crippen molar-refractivity contribution in [1.29, 1.82) is 0 Å². The Bertz CT molecular complexity index is 1250. The third kappa shape index (κ3) is 3.23. The van der Waals surface area contributed by atoms with Gasteiger partial charge < -0.3 is 5.32 Å². The molecule has 0 atom stereocenters. The fourth-order valence-corrected chi connectivity index (χ4v) is 4.25. The minimum Gasteiger partial charge on any atom is -0.310 e. The summed E-state index contributed by atoms with van der Waals surface area (Å²) in [6.45, 7) is 1.92. The van der Waals surface area contributed by atoms with Gasteiger partial charge in [-0.2, -0.15) is 0 Å². The van der Waals surface area contributed by atoms with Gasteiger partial charge >= 0.3 is 0 Å². The number of thioether (sulfide) groups is 1. The van der Waals surface area contributed by atoms with Crippen molar-refractivity contribution in [2.45, 2.75) is 18.5 Å². The Morgan fingerprint density at radius 2 is 1.79 bits per heavy atom. The molecule has 5 rings (SSSR count). The molecule has 1 aliphatic carbocycles. The van der Waals surface area contributed by atoms with Crippen molar-refractivity contribution in [2.24, 2.45) is 0 Å². The lowest BCUT2D eigenvalue weighted by Gasteiger charge is -2.06. The average Bonchev–Trinajstić information content (AvgIpc) is 3.05. The topological polar surface area (TPSA) is 80.7 Å². The smallest absolute Gasteiger partial charge is 0.226 e. The van der Waals surface area contributed by atoms with E-state index in [1.165, 1.54) is 22.5 Å². The number of pyridine rings is 1. The molecular weight excluding hydrogens is 382 g/mol. The molecule has 1 aliphatic rings. The monoisotopic (exact) mass is 399 g/mol. The first kappa shape index (κ1) is 17.8. The summed E-state index contributed by atoms with van der Waals surface area (Å²) in [6.07, 6.45) is 2.01. The fraction of sp³-hybridized carbons (Fsp3) is 0.136. The molecule has 2 aromatic heterocycles. The van der Waals surface area contributed by atoms with E-state index in [0.29, 0.717) is 23.1 Å². The van der Waals surface area contributed by atoms with Gasteiger partial charge in [-0.05, 0) is 23.9 Å². The van der Waals surface area contributed by atoms with E-state index < -0.39 is 0 Å². The van der Waals surface area contributed by atoms with Gasteiger partial charge in [0.2, 0.25) is 11.1 Å². The molecular formula is C22H17N5OS. The molecule has 0 spiro atoms. The number of hydrogen-bond acceptors (Lipinski definition) is 6. The lowest BCUT2D eigenvalue weighted by atomic mass is 10.0. The van der Waals surface area contributed by atoms with Crippen LogP contribution in [0.2, 0.25) is 0 Å². The number of nitrogens with zero attached hydrogens (tertiary/aromatic N) is 4. The maximum atomic E-state index is 12.2. The maximum Gasteiger partial charge on any atom is 0.226 e. The van der Waals surface area contributed by atoms with Gasteiger partial charge in [0.1, 0.15) is 17.2 Å². The molecule has 2 heterocycles. The van der Waals surface area contributed by atoms with Crippen LogP contribution in [0.15, 0.2) is 59.9 Å². The maximum absolute atomic E-state index is 12.2. The SMILES string of the molecule is Cc1cccnc1NC(=O)CCSc1nnc2c(n1)-c1cccc3cccc-2c13. The number of rotatable bonds is 5. The lowest BCUT2D eigenvalue weighted by molar-refractivity contribution is -0.115. The fourth-order valence-electron chi connectivity index (χ4n) is 3.52. The van der Waals surface area contributed by atoms with Crippen LogP contribution < -0.4 is 5.32 Å². The third-order valence-corrected chi connectivity index (χ3v) is 5.75. The summed E-state index contributed by atoms with van der Waals surface area (Å²) in [5.74, 6) is 1.09. The van der Waals surface area contributed by atoms with Crippen LogP contribution in [0, 0.1) is 6.92 Å². The number of carbonyl (C=O) groups is 1. The molecule has 1 N–H and O–H groups in total. The highest BCUT2D eigenvalue weighted by molar-refractivity contribution is 7.99. The Morgan fingerprint density at radius 1 is 1.00 bits per heavy atom. The van der Waals surface area contributed by atoms with Crippen LogP contribution >= 0.6 is 11.8 Å². The number of anilines is 1. The van der Waals surface area contributed by atoms with Gasteiger partial charge in [0.15, 0.2) is 0 Å². The molecule has 4 aromatic rings. The van der Waals surface area contributed by atoms with Crippen LogP contribution in [0.5, 0.6) is 0 Å². The Kier molecular flexibility index (Phi) is 4.44. The highest BCUT2D eigenvalue weighted by Gasteiger charge is 2.24. The molecule has 0 saturated heterocycles. The first-order valence-electron chi connectivity index (χ1n) is 9.32. The largest absolute Gasteiger partial charge is 0.310 e. The van der Waals surface area contributed by atoms with Crippen LogP contribution in [0.4, 0.5) is 5.82 Å². The third-order valence-electron chi connectivity index (χ3n) is 4.91. The van der Waals surface area contributed by atoms with E-state index in [0.717, 1.165) is 28.1 Å².